The normalized spacial score (nSPS) is 27.4. The van der Waals surface area contributed by atoms with Gasteiger partial charge in [-0.25, -0.2) is 0 Å². The number of esters is 1. The SMILES string of the molecule is COc1ccccc1[C@@H]1c2cc3c(cc2O[C@]2(OC)COC(=O)[C@H]12)OCO3. The van der Waals surface area contributed by atoms with Crippen molar-refractivity contribution in [3.8, 4) is 23.0 Å². The van der Waals surface area contributed by atoms with Crippen LogP contribution >= 0.6 is 0 Å². The summed E-state index contributed by atoms with van der Waals surface area (Å²) < 4.78 is 33.8. The molecule has 0 amide bonds. The van der Waals surface area contributed by atoms with Crippen molar-refractivity contribution in [1.29, 1.82) is 0 Å². The molecule has 5 rings (SSSR count). The van der Waals surface area contributed by atoms with Crippen LogP contribution in [-0.2, 0) is 14.3 Å². The maximum atomic E-state index is 12.7. The van der Waals surface area contributed by atoms with E-state index in [9.17, 15) is 4.79 Å². The average Bonchev–Trinajstić information content (AvgIpc) is 3.29. The molecular weight excluding hydrogens is 352 g/mol. The Hall–Kier alpha value is -2.93. The molecule has 2 aromatic rings. The van der Waals surface area contributed by atoms with E-state index in [-0.39, 0.29) is 25.3 Å². The molecule has 0 spiro atoms. The highest BCUT2D eigenvalue weighted by Crippen LogP contribution is 2.55. The van der Waals surface area contributed by atoms with Gasteiger partial charge in [0, 0.05) is 30.2 Å². The minimum Gasteiger partial charge on any atom is -0.496 e. The first-order valence-corrected chi connectivity index (χ1v) is 8.64. The number of hydrogen-bond donors (Lipinski definition) is 0. The van der Waals surface area contributed by atoms with Crippen LogP contribution in [0.2, 0.25) is 0 Å². The summed E-state index contributed by atoms with van der Waals surface area (Å²) in [6, 6.07) is 11.2. The van der Waals surface area contributed by atoms with E-state index in [1.54, 1.807) is 13.2 Å². The van der Waals surface area contributed by atoms with Crippen molar-refractivity contribution in [1.82, 2.24) is 0 Å². The Kier molecular flexibility index (Phi) is 3.48. The quantitative estimate of drug-likeness (QED) is 0.769. The van der Waals surface area contributed by atoms with Gasteiger partial charge in [-0.05, 0) is 12.1 Å². The fourth-order valence-corrected chi connectivity index (χ4v) is 4.15. The average molecular weight is 370 g/mol. The summed E-state index contributed by atoms with van der Waals surface area (Å²) in [5.41, 5.74) is 1.66. The van der Waals surface area contributed by atoms with Crippen molar-refractivity contribution < 1.29 is 33.2 Å². The largest absolute Gasteiger partial charge is 0.496 e. The molecule has 0 saturated carbocycles. The molecule has 7 heteroatoms. The number of carbonyl (C=O) groups is 1. The molecule has 0 unspecified atom stereocenters. The van der Waals surface area contributed by atoms with Crippen molar-refractivity contribution in [3.63, 3.8) is 0 Å². The van der Waals surface area contributed by atoms with Gasteiger partial charge in [0.15, 0.2) is 18.1 Å². The molecule has 3 atom stereocenters. The summed E-state index contributed by atoms with van der Waals surface area (Å²) in [6.45, 7) is 0.172. The fraction of sp³-hybridized carbons (Fsp3) is 0.350. The predicted octanol–water partition coefficient (Wildman–Crippen LogP) is 2.46. The zero-order valence-electron chi connectivity index (χ0n) is 14.9. The minimum absolute atomic E-state index is 0.0204. The lowest BCUT2D eigenvalue weighted by atomic mass is 9.74. The van der Waals surface area contributed by atoms with E-state index in [0.717, 1.165) is 11.1 Å². The molecular formula is C20H18O7. The third-order valence-corrected chi connectivity index (χ3v) is 5.42. The van der Waals surface area contributed by atoms with E-state index in [1.165, 1.54) is 7.11 Å². The second-order valence-electron chi connectivity index (χ2n) is 6.67. The van der Waals surface area contributed by atoms with Crippen LogP contribution in [-0.4, -0.2) is 39.4 Å². The maximum Gasteiger partial charge on any atom is 0.317 e. The van der Waals surface area contributed by atoms with Crippen LogP contribution in [0.15, 0.2) is 36.4 Å². The molecule has 1 saturated heterocycles. The van der Waals surface area contributed by atoms with Crippen LogP contribution in [0.4, 0.5) is 0 Å². The van der Waals surface area contributed by atoms with E-state index in [2.05, 4.69) is 0 Å². The van der Waals surface area contributed by atoms with Crippen molar-refractivity contribution in [2.24, 2.45) is 5.92 Å². The number of fused-ring (bicyclic) bond motifs is 3. The smallest absolute Gasteiger partial charge is 0.317 e. The third-order valence-electron chi connectivity index (χ3n) is 5.42. The number of cyclic esters (lactones) is 1. The van der Waals surface area contributed by atoms with Crippen molar-refractivity contribution in [2.75, 3.05) is 27.6 Å². The highest BCUT2D eigenvalue weighted by molar-refractivity contribution is 5.80. The summed E-state index contributed by atoms with van der Waals surface area (Å²) in [6.07, 6.45) is 0. The van der Waals surface area contributed by atoms with Crippen molar-refractivity contribution >= 4 is 5.97 Å². The Morgan fingerprint density at radius 3 is 2.56 bits per heavy atom. The molecule has 0 bridgehead atoms. The van der Waals surface area contributed by atoms with Gasteiger partial charge < -0.3 is 28.4 Å². The lowest BCUT2D eigenvalue weighted by Crippen LogP contribution is -2.51. The molecule has 7 nitrogen and oxygen atoms in total. The predicted molar refractivity (Wildman–Crippen MR) is 92.2 cm³/mol. The Morgan fingerprint density at radius 1 is 1.00 bits per heavy atom. The van der Waals surface area contributed by atoms with Gasteiger partial charge in [0.05, 0.1) is 7.11 Å². The topological polar surface area (TPSA) is 72.5 Å². The first-order chi connectivity index (χ1) is 13.2. The molecule has 3 heterocycles. The summed E-state index contributed by atoms with van der Waals surface area (Å²) in [5.74, 6) is -0.152. The second-order valence-corrected chi connectivity index (χ2v) is 6.67. The first kappa shape index (κ1) is 16.3. The number of hydrogen-bond acceptors (Lipinski definition) is 7. The van der Waals surface area contributed by atoms with Gasteiger partial charge in [-0.1, -0.05) is 18.2 Å². The van der Waals surface area contributed by atoms with Crippen molar-refractivity contribution in [3.05, 3.63) is 47.5 Å². The van der Waals surface area contributed by atoms with Crippen molar-refractivity contribution in [2.45, 2.75) is 11.7 Å². The lowest BCUT2D eigenvalue weighted by Gasteiger charge is -2.41. The standard InChI is InChI=1S/C20H18O7/c1-22-13-6-4-3-5-11(13)17-12-7-15-16(26-10-25-15)8-14(12)27-20(23-2)9-24-19(21)18(17)20/h3-8,17-18H,9-10H2,1-2H3/t17-,18+,20-/m1/s1. The molecule has 0 aliphatic carbocycles. The lowest BCUT2D eigenvalue weighted by molar-refractivity contribution is -0.195. The molecule has 3 aliphatic rings. The van der Waals surface area contributed by atoms with E-state index in [0.29, 0.717) is 23.0 Å². The Bertz CT molecular complexity index is 925. The molecule has 0 N–H and O–H groups in total. The molecule has 27 heavy (non-hydrogen) atoms. The molecule has 3 aliphatic heterocycles. The Morgan fingerprint density at radius 2 is 1.78 bits per heavy atom. The Balaban J connectivity index is 1.77. The van der Waals surface area contributed by atoms with Gasteiger partial charge in [-0.3, -0.25) is 4.79 Å². The minimum atomic E-state index is -1.21. The molecule has 140 valence electrons. The fourth-order valence-electron chi connectivity index (χ4n) is 4.15. The number of ether oxygens (including phenoxy) is 6. The molecule has 0 radical (unpaired) electrons. The van der Waals surface area contributed by atoms with Crippen LogP contribution in [0.3, 0.4) is 0 Å². The zero-order valence-corrected chi connectivity index (χ0v) is 14.9. The highest BCUT2D eigenvalue weighted by Gasteiger charge is 2.61. The van der Waals surface area contributed by atoms with Gasteiger partial charge in [0.25, 0.3) is 5.79 Å². The second kappa shape index (κ2) is 5.79. The number of carbonyl (C=O) groups excluding carboxylic acids is 1. The number of benzene rings is 2. The van der Waals surface area contributed by atoms with Crippen LogP contribution < -0.4 is 18.9 Å². The molecule has 0 aromatic heterocycles. The highest BCUT2D eigenvalue weighted by atomic mass is 16.7. The van der Waals surface area contributed by atoms with E-state index >= 15 is 0 Å². The van der Waals surface area contributed by atoms with Gasteiger partial charge in [0.1, 0.15) is 17.4 Å². The van der Waals surface area contributed by atoms with Gasteiger partial charge in [-0.2, -0.15) is 0 Å². The van der Waals surface area contributed by atoms with Gasteiger partial charge in [0.2, 0.25) is 6.79 Å². The van der Waals surface area contributed by atoms with E-state index in [1.807, 2.05) is 30.3 Å². The van der Waals surface area contributed by atoms with Crippen LogP contribution in [0.25, 0.3) is 0 Å². The van der Waals surface area contributed by atoms with E-state index < -0.39 is 11.7 Å². The summed E-state index contributed by atoms with van der Waals surface area (Å²) in [4.78, 5) is 12.7. The van der Waals surface area contributed by atoms with Crippen LogP contribution in [0.1, 0.15) is 17.0 Å². The zero-order chi connectivity index (χ0) is 18.6. The van der Waals surface area contributed by atoms with E-state index in [4.69, 9.17) is 28.4 Å². The third kappa shape index (κ3) is 2.21. The summed E-state index contributed by atoms with van der Waals surface area (Å²) in [5, 5.41) is 0. The number of rotatable bonds is 3. The van der Waals surface area contributed by atoms with Gasteiger partial charge >= 0.3 is 5.97 Å². The summed E-state index contributed by atoms with van der Waals surface area (Å²) in [7, 11) is 3.13. The maximum absolute atomic E-state index is 12.7. The Labute approximate surface area is 155 Å². The van der Waals surface area contributed by atoms with Crippen LogP contribution in [0, 0.1) is 5.92 Å². The monoisotopic (exact) mass is 370 g/mol. The molecule has 1 fully saturated rings. The molecule has 2 aromatic carbocycles. The van der Waals surface area contributed by atoms with Crippen LogP contribution in [0.5, 0.6) is 23.0 Å². The number of para-hydroxylation sites is 1. The first-order valence-electron chi connectivity index (χ1n) is 8.64. The van der Waals surface area contributed by atoms with Gasteiger partial charge in [-0.15, -0.1) is 0 Å². The number of methoxy groups -OCH3 is 2. The summed E-state index contributed by atoms with van der Waals surface area (Å²) >= 11 is 0.